The van der Waals surface area contributed by atoms with Crippen molar-refractivity contribution in [2.75, 3.05) is 19.8 Å². The maximum atomic E-state index is 13.3. The summed E-state index contributed by atoms with van der Waals surface area (Å²) in [4.78, 5) is 13.3. The van der Waals surface area contributed by atoms with Crippen LogP contribution in [0.15, 0.2) is 134 Å². The molecule has 2 saturated heterocycles. The second-order valence-corrected chi connectivity index (χ2v) is 22.9. The van der Waals surface area contributed by atoms with Gasteiger partial charge in [0.05, 0.1) is 32.0 Å². The lowest BCUT2D eigenvalue weighted by molar-refractivity contribution is -0.359. The first-order valence-corrected chi connectivity index (χ1v) is 33.4. The molecule has 490 valence electrons. The maximum absolute atomic E-state index is 13.3. The number of hydrogen-bond donors (Lipinski definition) is 9. The molecule has 0 radical (unpaired) electrons. The highest BCUT2D eigenvalue weighted by Crippen LogP contribution is 2.30. The minimum atomic E-state index is -1.80. The fourth-order valence-electron chi connectivity index (χ4n) is 10.0. The highest BCUT2D eigenvalue weighted by molar-refractivity contribution is 5.76. The first-order valence-electron chi connectivity index (χ1n) is 33.4. The molecule has 12 atom stereocenters. The summed E-state index contributed by atoms with van der Waals surface area (Å²) in [5.41, 5.74) is 0. The number of carbonyl (C=O) groups excluding carboxylic acids is 1. The summed E-state index contributed by atoms with van der Waals surface area (Å²) in [6.45, 7) is 2.66. The van der Waals surface area contributed by atoms with Crippen LogP contribution < -0.4 is 5.32 Å². The fraction of sp³-hybridized carbons (Fsp3) is 0.681. The van der Waals surface area contributed by atoms with Gasteiger partial charge >= 0.3 is 0 Å². The van der Waals surface area contributed by atoms with E-state index >= 15 is 0 Å². The molecule has 0 aliphatic carbocycles. The van der Waals surface area contributed by atoms with Crippen LogP contribution in [-0.4, -0.2) is 140 Å². The molecule has 2 fully saturated rings. The van der Waals surface area contributed by atoms with Gasteiger partial charge in [0.15, 0.2) is 12.6 Å². The number of unbranched alkanes of at least 4 members (excludes halogenated alkanes) is 19. The van der Waals surface area contributed by atoms with Crippen molar-refractivity contribution in [2.45, 2.75) is 293 Å². The van der Waals surface area contributed by atoms with Crippen LogP contribution >= 0.6 is 0 Å². The highest BCUT2D eigenvalue weighted by atomic mass is 16.7. The molecule has 0 saturated carbocycles. The molecule has 0 spiro atoms. The van der Waals surface area contributed by atoms with Crippen molar-refractivity contribution in [2.24, 2.45) is 0 Å². The van der Waals surface area contributed by atoms with Crippen molar-refractivity contribution in [1.29, 1.82) is 0 Å². The summed E-state index contributed by atoms with van der Waals surface area (Å²) in [7, 11) is 0. The minimum absolute atomic E-state index is 0.255. The van der Waals surface area contributed by atoms with Gasteiger partial charge in [0.2, 0.25) is 5.91 Å². The molecule has 1 amide bonds. The lowest BCUT2D eigenvalue weighted by Gasteiger charge is -2.46. The van der Waals surface area contributed by atoms with E-state index in [-0.39, 0.29) is 18.9 Å². The Morgan fingerprint density at radius 1 is 0.430 bits per heavy atom. The van der Waals surface area contributed by atoms with E-state index in [4.69, 9.17) is 18.9 Å². The lowest BCUT2D eigenvalue weighted by Crippen LogP contribution is -2.65. The predicted molar refractivity (Wildman–Crippen MR) is 350 cm³/mol. The minimum Gasteiger partial charge on any atom is -0.394 e. The van der Waals surface area contributed by atoms with E-state index in [1.54, 1.807) is 6.08 Å². The molecule has 2 aliphatic rings. The second kappa shape index (κ2) is 55.2. The third kappa shape index (κ3) is 39.2. The number of amides is 1. The summed E-state index contributed by atoms with van der Waals surface area (Å²) in [5.74, 6) is -0.260. The molecule has 2 heterocycles. The Morgan fingerprint density at radius 3 is 1.23 bits per heavy atom. The van der Waals surface area contributed by atoms with Crippen molar-refractivity contribution in [3.05, 3.63) is 134 Å². The van der Waals surface area contributed by atoms with Crippen molar-refractivity contribution in [3.63, 3.8) is 0 Å². The summed E-state index contributed by atoms with van der Waals surface area (Å²) in [5, 5.41) is 87.2. The normalized spacial score (nSPS) is 24.3. The Labute approximate surface area is 520 Å². The zero-order chi connectivity index (χ0) is 62.3. The Hall–Kier alpha value is -3.87. The zero-order valence-corrected chi connectivity index (χ0v) is 53.0. The van der Waals surface area contributed by atoms with Crippen LogP contribution in [0.25, 0.3) is 0 Å². The van der Waals surface area contributed by atoms with E-state index in [2.05, 4.69) is 141 Å². The summed E-state index contributed by atoms with van der Waals surface area (Å²) < 4.78 is 22.8. The smallest absolute Gasteiger partial charge is 0.220 e. The number of rotatable bonds is 52. The van der Waals surface area contributed by atoms with E-state index in [0.717, 1.165) is 122 Å². The third-order valence-electron chi connectivity index (χ3n) is 15.3. The van der Waals surface area contributed by atoms with E-state index < -0.39 is 86.8 Å². The largest absolute Gasteiger partial charge is 0.394 e. The molecule has 0 aromatic heterocycles. The number of ether oxygens (including phenoxy) is 4. The molecule has 14 heteroatoms. The average Bonchev–Trinajstić information content (AvgIpc) is 1.83. The van der Waals surface area contributed by atoms with Crippen molar-refractivity contribution < 1.29 is 64.6 Å². The molecular weight excluding hydrogens is 1090 g/mol. The van der Waals surface area contributed by atoms with E-state index in [1.165, 1.54) is 70.6 Å². The molecule has 0 aromatic rings. The molecule has 9 N–H and O–H groups in total. The monoisotopic (exact) mass is 1210 g/mol. The highest BCUT2D eigenvalue weighted by Gasteiger charge is 2.51. The van der Waals surface area contributed by atoms with E-state index in [1.807, 2.05) is 6.08 Å². The van der Waals surface area contributed by atoms with Crippen molar-refractivity contribution in [3.8, 4) is 0 Å². The zero-order valence-electron chi connectivity index (χ0n) is 53.0. The second-order valence-electron chi connectivity index (χ2n) is 22.9. The topological polar surface area (TPSA) is 228 Å². The Kier molecular flexibility index (Phi) is 50.2. The van der Waals surface area contributed by atoms with Gasteiger partial charge in [-0.05, 0) is 96.3 Å². The number of carbonyl (C=O) groups is 1. The van der Waals surface area contributed by atoms with Crippen LogP contribution in [0.2, 0.25) is 0 Å². The first kappa shape index (κ1) is 78.2. The predicted octanol–water partition coefficient (Wildman–Crippen LogP) is 13.1. The van der Waals surface area contributed by atoms with Crippen molar-refractivity contribution >= 4 is 5.91 Å². The molecule has 2 rings (SSSR count). The fourth-order valence-corrected chi connectivity index (χ4v) is 10.0. The number of aliphatic hydroxyl groups is 8. The Morgan fingerprint density at radius 2 is 0.802 bits per heavy atom. The van der Waals surface area contributed by atoms with Gasteiger partial charge in [-0.25, -0.2) is 0 Å². The Balaban J connectivity index is 1.67. The van der Waals surface area contributed by atoms with Gasteiger partial charge in [0, 0.05) is 6.42 Å². The van der Waals surface area contributed by atoms with Crippen LogP contribution in [0.1, 0.15) is 219 Å². The van der Waals surface area contributed by atoms with Crippen LogP contribution in [0.3, 0.4) is 0 Å². The van der Waals surface area contributed by atoms with Crippen molar-refractivity contribution in [1.82, 2.24) is 5.32 Å². The lowest BCUT2D eigenvalue weighted by atomic mass is 9.97. The molecule has 0 aromatic carbocycles. The number of aliphatic hydroxyl groups excluding tert-OH is 8. The van der Waals surface area contributed by atoms with Crippen LogP contribution in [-0.2, 0) is 23.7 Å². The van der Waals surface area contributed by atoms with Gasteiger partial charge in [-0.3, -0.25) is 4.79 Å². The SMILES string of the molecule is CC/C=C\C/C=C\C/C=C\C/C=C\C/C=C\C/C=C\C/C=C\C/C=C\C/C=C\C/C=C\CCCCCCCCC(=O)NC(COC1OC(CO)C(OC2OC(CO)C(O)C(O)C2O)C(O)C1O)C(O)/C=C/CCCCCCCCCCCCCCC. The summed E-state index contributed by atoms with van der Waals surface area (Å²) in [6.07, 6.45) is 64.9. The van der Waals surface area contributed by atoms with Gasteiger partial charge in [-0.2, -0.15) is 0 Å². The molecule has 86 heavy (non-hydrogen) atoms. The first-order chi connectivity index (χ1) is 42.1. The van der Waals surface area contributed by atoms with E-state index in [0.29, 0.717) is 6.42 Å². The number of hydrogen-bond acceptors (Lipinski definition) is 13. The van der Waals surface area contributed by atoms with Gasteiger partial charge < -0.3 is 65.1 Å². The molecule has 2 aliphatic heterocycles. The van der Waals surface area contributed by atoms with Gasteiger partial charge in [0.25, 0.3) is 0 Å². The summed E-state index contributed by atoms with van der Waals surface area (Å²) >= 11 is 0. The standard InChI is InChI=1S/C72H119NO13/c1-3-5-7-9-11-13-15-17-19-20-21-22-23-24-25-26-27-28-29-30-31-32-33-34-35-36-37-38-39-40-42-44-46-48-50-52-54-56-64(77)73-60(61(76)55-53-51-49-47-45-43-41-18-16-14-12-10-8-6-4-2)59-83-71-69(82)67(80)70(63(58-75)85-71)86-72-68(81)66(79)65(78)62(57-74)84-72/h5,7,11,13,17,19,21-22,24-25,27-28,30-31,33-34,36-37,39-40,53,55,60-63,65-72,74-76,78-82H,3-4,6,8-10,12,14-16,18,20,23,26,29,32,35,38,41-52,54,56-59H2,1-2H3,(H,73,77)/b7-5-,13-11-,19-17-,22-21-,25-24-,28-27-,31-30-,34-33-,37-36-,40-39-,55-53+. The van der Waals surface area contributed by atoms with Gasteiger partial charge in [-0.15, -0.1) is 0 Å². The van der Waals surface area contributed by atoms with Gasteiger partial charge in [0.1, 0.15) is 48.8 Å². The third-order valence-corrected chi connectivity index (χ3v) is 15.3. The molecule has 0 bridgehead atoms. The quantitative estimate of drug-likeness (QED) is 0.0204. The van der Waals surface area contributed by atoms with Crippen LogP contribution in [0.4, 0.5) is 0 Å². The molecule has 12 unspecified atom stereocenters. The summed E-state index contributed by atoms with van der Waals surface area (Å²) in [6, 6.07) is -0.932. The average molecular weight is 1210 g/mol. The van der Waals surface area contributed by atoms with E-state index in [9.17, 15) is 45.6 Å². The molecular formula is C72H119NO13. The maximum Gasteiger partial charge on any atom is 0.220 e. The number of nitrogens with one attached hydrogen (secondary N) is 1. The van der Waals surface area contributed by atoms with Gasteiger partial charge in [-0.1, -0.05) is 250 Å². The van der Waals surface area contributed by atoms with Crippen LogP contribution in [0.5, 0.6) is 0 Å². The number of allylic oxidation sites excluding steroid dienone is 21. The van der Waals surface area contributed by atoms with Crippen LogP contribution in [0, 0.1) is 0 Å². The Bertz CT molecular complexity index is 1950. The molecule has 14 nitrogen and oxygen atoms in total.